The monoisotopic (exact) mass is 330 g/mol. The zero-order valence-corrected chi connectivity index (χ0v) is 13.1. The van der Waals surface area contributed by atoms with Gasteiger partial charge >= 0.3 is 5.97 Å². The molecule has 0 aromatic heterocycles. The van der Waals surface area contributed by atoms with Crippen molar-refractivity contribution in [2.75, 3.05) is 6.61 Å². The molecule has 0 aliphatic heterocycles. The Bertz CT molecular complexity index is 715. The summed E-state index contributed by atoms with van der Waals surface area (Å²) >= 11 is 0. The zero-order chi connectivity index (χ0) is 17.5. The molecule has 0 aliphatic carbocycles. The minimum atomic E-state index is -0.985. The second kappa shape index (κ2) is 8.07. The third kappa shape index (κ3) is 4.79. The fourth-order valence-electron chi connectivity index (χ4n) is 2.10. The Morgan fingerprint density at radius 2 is 1.92 bits per heavy atom. The largest absolute Gasteiger partial charge is 0.492 e. The summed E-state index contributed by atoms with van der Waals surface area (Å²) in [6, 6.07) is 12.7. The number of rotatable bonds is 8. The Hall–Kier alpha value is -2.93. The van der Waals surface area contributed by atoms with Crippen LogP contribution in [0.2, 0.25) is 0 Å². The van der Waals surface area contributed by atoms with E-state index in [0.29, 0.717) is 24.5 Å². The summed E-state index contributed by atoms with van der Waals surface area (Å²) in [4.78, 5) is 21.3. The lowest BCUT2D eigenvalue weighted by atomic mass is 10.1. The van der Waals surface area contributed by atoms with Gasteiger partial charge in [-0.25, -0.2) is 4.79 Å². The molecule has 0 unspecified atom stereocenters. The second-order valence-corrected chi connectivity index (χ2v) is 5.31. The molecule has 7 heteroatoms. The maximum Gasteiger partial charge on any atom is 0.335 e. The number of ether oxygens (including phenoxy) is 1. The SMILES string of the molecule is C[C@@H](COc1ccc(C(=O)O)cc1)NCc1ccccc1[N+](=O)[O-]. The number of benzene rings is 2. The first-order valence-electron chi connectivity index (χ1n) is 7.39. The van der Waals surface area contributed by atoms with Crippen molar-refractivity contribution in [3.63, 3.8) is 0 Å². The van der Waals surface area contributed by atoms with E-state index >= 15 is 0 Å². The van der Waals surface area contributed by atoms with Crippen LogP contribution in [0.15, 0.2) is 48.5 Å². The molecule has 2 N–H and O–H groups in total. The molecule has 0 amide bonds. The zero-order valence-electron chi connectivity index (χ0n) is 13.1. The Kier molecular flexibility index (Phi) is 5.86. The summed E-state index contributed by atoms with van der Waals surface area (Å²) in [5.41, 5.74) is 0.896. The number of nitro benzene ring substituents is 1. The maximum atomic E-state index is 11.0. The van der Waals surface area contributed by atoms with Crippen molar-refractivity contribution in [1.29, 1.82) is 0 Å². The van der Waals surface area contributed by atoms with Gasteiger partial charge in [-0.15, -0.1) is 0 Å². The van der Waals surface area contributed by atoms with Gasteiger partial charge in [0, 0.05) is 24.2 Å². The molecule has 7 nitrogen and oxygen atoms in total. The normalized spacial score (nSPS) is 11.7. The molecule has 0 saturated carbocycles. The fraction of sp³-hybridized carbons (Fsp3) is 0.235. The number of hydrogen-bond donors (Lipinski definition) is 2. The van der Waals surface area contributed by atoms with Gasteiger partial charge in [0.1, 0.15) is 12.4 Å². The van der Waals surface area contributed by atoms with E-state index in [9.17, 15) is 14.9 Å². The van der Waals surface area contributed by atoms with Crippen LogP contribution < -0.4 is 10.1 Å². The standard InChI is InChI=1S/C17H18N2O5/c1-12(11-24-15-8-6-13(7-9-15)17(20)21)18-10-14-4-2-3-5-16(14)19(22)23/h2-9,12,18H,10-11H2,1H3,(H,20,21)/t12-/m0/s1. The number of nitrogens with one attached hydrogen (secondary N) is 1. The highest BCUT2D eigenvalue weighted by Gasteiger charge is 2.13. The molecule has 24 heavy (non-hydrogen) atoms. The van der Waals surface area contributed by atoms with Gasteiger partial charge in [-0.3, -0.25) is 10.1 Å². The van der Waals surface area contributed by atoms with Crippen LogP contribution in [-0.4, -0.2) is 28.6 Å². The van der Waals surface area contributed by atoms with Crippen LogP contribution in [0.5, 0.6) is 5.75 Å². The fourth-order valence-corrected chi connectivity index (χ4v) is 2.10. The molecule has 0 saturated heterocycles. The lowest BCUT2D eigenvalue weighted by molar-refractivity contribution is -0.385. The predicted octanol–water partition coefficient (Wildman–Crippen LogP) is 2.85. The smallest absolute Gasteiger partial charge is 0.335 e. The van der Waals surface area contributed by atoms with E-state index < -0.39 is 10.9 Å². The van der Waals surface area contributed by atoms with Crippen molar-refractivity contribution in [2.45, 2.75) is 19.5 Å². The van der Waals surface area contributed by atoms with E-state index in [0.717, 1.165) is 0 Å². The average molecular weight is 330 g/mol. The lowest BCUT2D eigenvalue weighted by Gasteiger charge is -2.15. The number of carboxylic acid groups (broad SMARTS) is 1. The highest BCUT2D eigenvalue weighted by molar-refractivity contribution is 5.87. The minimum absolute atomic E-state index is 0.0380. The number of carbonyl (C=O) groups is 1. The molecule has 0 heterocycles. The van der Waals surface area contributed by atoms with E-state index in [2.05, 4.69) is 5.32 Å². The van der Waals surface area contributed by atoms with E-state index in [1.807, 2.05) is 6.92 Å². The van der Waals surface area contributed by atoms with Crippen molar-refractivity contribution in [1.82, 2.24) is 5.32 Å². The van der Waals surface area contributed by atoms with Crippen LogP contribution in [-0.2, 0) is 6.54 Å². The van der Waals surface area contributed by atoms with Crippen LogP contribution >= 0.6 is 0 Å². The Morgan fingerprint density at radius 1 is 1.25 bits per heavy atom. The topological polar surface area (TPSA) is 102 Å². The van der Waals surface area contributed by atoms with Gasteiger partial charge in [-0.05, 0) is 31.2 Å². The highest BCUT2D eigenvalue weighted by Crippen LogP contribution is 2.17. The minimum Gasteiger partial charge on any atom is -0.492 e. The number of aromatic carboxylic acids is 1. The summed E-state index contributed by atoms with van der Waals surface area (Å²) in [6.07, 6.45) is 0. The van der Waals surface area contributed by atoms with Crippen LogP contribution in [0.4, 0.5) is 5.69 Å². The quantitative estimate of drug-likeness (QED) is 0.570. The Labute approximate surface area is 139 Å². The average Bonchev–Trinajstić information content (AvgIpc) is 2.58. The Balaban J connectivity index is 1.84. The highest BCUT2D eigenvalue weighted by atomic mass is 16.6. The van der Waals surface area contributed by atoms with E-state index in [1.54, 1.807) is 30.3 Å². The van der Waals surface area contributed by atoms with E-state index in [4.69, 9.17) is 9.84 Å². The van der Waals surface area contributed by atoms with Crippen molar-refractivity contribution in [2.24, 2.45) is 0 Å². The van der Waals surface area contributed by atoms with Crippen LogP contribution in [0, 0.1) is 10.1 Å². The number of para-hydroxylation sites is 1. The summed E-state index contributed by atoms with van der Waals surface area (Å²) in [6.45, 7) is 2.62. The first kappa shape index (κ1) is 17.4. The molecule has 2 rings (SSSR count). The Morgan fingerprint density at radius 3 is 2.54 bits per heavy atom. The molecule has 0 radical (unpaired) electrons. The van der Waals surface area contributed by atoms with E-state index in [1.165, 1.54) is 18.2 Å². The van der Waals surface area contributed by atoms with Gasteiger partial charge in [0.05, 0.1) is 10.5 Å². The maximum absolute atomic E-state index is 11.0. The van der Waals surface area contributed by atoms with Crippen molar-refractivity contribution in [3.05, 3.63) is 69.8 Å². The first-order chi connectivity index (χ1) is 11.5. The van der Waals surface area contributed by atoms with Crippen LogP contribution in [0.3, 0.4) is 0 Å². The number of nitro groups is 1. The van der Waals surface area contributed by atoms with Crippen LogP contribution in [0.25, 0.3) is 0 Å². The molecular weight excluding hydrogens is 312 g/mol. The molecule has 0 fully saturated rings. The van der Waals surface area contributed by atoms with Gasteiger partial charge in [-0.2, -0.15) is 0 Å². The summed E-state index contributed by atoms with van der Waals surface area (Å²) in [5.74, 6) is -0.416. The van der Waals surface area contributed by atoms with Gasteiger partial charge in [-0.1, -0.05) is 18.2 Å². The van der Waals surface area contributed by atoms with E-state index in [-0.39, 0.29) is 17.3 Å². The van der Waals surface area contributed by atoms with Crippen LogP contribution in [0.1, 0.15) is 22.8 Å². The van der Waals surface area contributed by atoms with Crippen molar-refractivity contribution >= 4 is 11.7 Å². The number of nitrogens with zero attached hydrogens (tertiary/aromatic N) is 1. The molecule has 126 valence electrons. The van der Waals surface area contributed by atoms with Gasteiger partial charge in [0.15, 0.2) is 0 Å². The molecule has 2 aromatic carbocycles. The number of hydrogen-bond acceptors (Lipinski definition) is 5. The van der Waals surface area contributed by atoms with Gasteiger partial charge < -0.3 is 15.2 Å². The third-order valence-corrected chi connectivity index (χ3v) is 3.43. The molecule has 2 aromatic rings. The third-order valence-electron chi connectivity index (χ3n) is 3.43. The summed E-state index contributed by atoms with van der Waals surface area (Å²) in [5, 5.41) is 23.0. The van der Waals surface area contributed by atoms with Gasteiger partial charge in [0.2, 0.25) is 0 Å². The molecular formula is C17H18N2O5. The molecule has 0 aliphatic rings. The number of carboxylic acids is 1. The van der Waals surface area contributed by atoms with Crippen molar-refractivity contribution in [3.8, 4) is 5.75 Å². The van der Waals surface area contributed by atoms with Crippen molar-refractivity contribution < 1.29 is 19.6 Å². The summed E-state index contributed by atoms with van der Waals surface area (Å²) < 4.78 is 5.58. The molecule has 0 spiro atoms. The first-order valence-corrected chi connectivity index (χ1v) is 7.39. The molecule has 0 bridgehead atoms. The second-order valence-electron chi connectivity index (χ2n) is 5.31. The molecule has 1 atom stereocenters. The predicted molar refractivity (Wildman–Crippen MR) is 88.3 cm³/mol. The van der Waals surface area contributed by atoms with Gasteiger partial charge in [0.25, 0.3) is 5.69 Å². The summed E-state index contributed by atoms with van der Waals surface area (Å²) in [7, 11) is 0. The lowest BCUT2D eigenvalue weighted by Crippen LogP contribution is -2.31.